The quantitative estimate of drug-likeness (QED) is 0.769. The third kappa shape index (κ3) is 3.44. The molecule has 0 N–H and O–H groups in total. The van der Waals surface area contributed by atoms with Gasteiger partial charge in [-0.2, -0.15) is 0 Å². The van der Waals surface area contributed by atoms with Crippen molar-refractivity contribution in [2.75, 3.05) is 20.2 Å². The Kier molecular flexibility index (Phi) is 5.13. The lowest BCUT2D eigenvalue weighted by molar-refractivity contribution is 0.0594. The Balaban J connectivity index is 1.38. The fourth-order valence-corrected chi connectivity index (χ4v) is 5.77. The Morgan fingerprint density at radius 2 is 1.70 bits per heavy atom. The summed E-state index contributed by atoms with van der Waals surface area (Å²) < 4.78 is 7.24. The van der Waals surface area contributed by atoms with Crippen LogP contribution in [0.5, 0.6) is 5.75 Å². The zero-order chi connectivity index (χ0) is 20.7. The summed E-state index contributed by atoms with van der Waals surface area (Å²) in [6.45, 7) is 2.14. The predicted octanol–water partition coefficient (Wildman–Crippen LogP) is 4.16. The molecule has 1 aliphatic carbocycles. The van der Waals surface area contributed by atoms with Crippen molar-refractivity contribution in [2.45, 2.75) is 56.9 Å². The highest BCUT2D eigenvalue weighted by Crippen LogP contribution is 2.37. The highest BCUT2D eigenvalue weighted by molar-refractivity contribution is 5.94. The second kappa shape index (κ2) is 7.93. The Morgan fingerprint density at radius 1 is 0.933 bits per heavy atom. The Bertz CT molecular complexity index is 988. The van der Waals surface area contributed by atoms with Gasteiger partial charge in [0.05, 0.1) is 7.11 Å². The molecule has 0 radical (unpaired) electrons. The molecular formula is C25H30N2O3. The zero-order valence-corrected chi connectivity index (χ0v) is 17.7. The van der Waals surface area contributed by atoms with Gasteiger partial charge in [-0.05, 0) is 61.4 Å². The van der Waals surface area contributed by atoms with Crippen molar-refractivity contribution in [3.63, 3.8) is 0 Å². The van der Waals surface area contributed by atoms with Crippen molar-refractivity contribution in [1.82, 2.24) is 9.47 Å². The minimum atomic E-state index is 0.0713. The number of amides is 1. The average Bonchev–Trinajstić information content (AvgIpc) is 2.80. The molecule has 2 aromatic rings. The molecular weight excluding hydrogens is 376 g/mol. The van der Waals surface area contributed by atoms with Crippen LogP contribution in [-0.4, -0.2) is 35.6 Å². The molecule has 2 fully saturated rings. The van der Waals surface area contributed by atoms with E-state index in [1.54, 1.807) is 7.11 Å². The maximum atomic E-state index is 13.3. The number of nitrogens with zero attached hydrogens (tertiary/aromatic N) is 2. The van der Waals surface area contributed by atoms with E-state index < -0.39 is 0 Å². The summed E-state index contributed by atoms with van der Waals surface area (Å²) in [6.07, 6.45) is 7.12. The summed E-state index contributed by atoms with van der Waals surface area (Å²) >= 11 is 0. The molecule has 5 heteroatoms. The van der Waals surface area contributed by atoms with Crippen molar-refractivity contribution in [2.24, 2.45) is 5.92 Å². The smallest absolute Gasteiger partial charge is 0.254 e. The van der Waals surface area contributed by atoms with Crippen LogP contribution in [-0.2, 0) is 6.54 Å². The number of aromatic nitrogens is 1. The Hall–Kier alpha value is -2.56. The third-order valence-corrected chi connectivity index (χ3v) is 7.30. The number of carbonyl (C=O) groups is 1. The van der Waals surface area contributed by atoms with Gasteiger partial charge in [0.25, 0.3) is 11.5 Å². The first-order valence-corrected chi connectivity index (χ1v) is 11.3. The van der Waals surface area contributed by atoms with E-state index in [4.69, 9.17) is 4.74 Å². The number of rotatable bonds is 3. The van der Waals surface area contributed by atoms with Crippen molar-refractivity contribution in [3.8, 4) is 5.75 Å². The summed E-state index contributed by atoms with van der Waals surface area (Å²) in [5, 5.41) is 0. The molecule has 2 bridgehead atoms. The first-order valence-electron chi connectivity index (χ1n) is 11.3. The lowest BCUT2D eigenvalue weighted by Gasteiger charge is -2.43. The molecule has 0 unspecified atom stereocenters. The number of hydrogen-bond donors (Lipinski definition) is 0. The summed E-state index contributed by atoms with van der Waals surface area (Å²) in [5.41, 5.74) is 3.05. The van der Waals surface area contributed by atoms with Gasteiger partial charge in [0.15, 0.2) is 0 Å². The second-order valence-electron chi connectivity index (χ2n) is 9.20. The molecule has 1 aromatic heterocycles. The molecule has 30 heavy (non-hydrogen) atoms. The lowest BCUT2D eigenvalue weighted by atomic mass is 9.81. The number of hydrogen-bond acceptors (Lipinski definition) is 3. The largest absolute Gasteiger partial charge is 0.497 e. The summed E-state index contributed by atoms with van der Waals surface area (Å²) in [6, 6.07) is 11.6. The fourth-order valence-electron chi connectivity index (χ4n) is 5.77. The highest BCUT2D eigenvalue weighted by Gasteiger charge is 2.37. The Labute approximate surface area is 177 Å². The average molecular weight is 407 g/mol. The van der Waals surface area contributed by atoms with Gasteiger partial charge in [0.2, 0.25) is 0 Å². The standard InChI is InChI=1S/C25H30N2O3/c1-30-21-9-7-19(8-10-21)24(28)26-14-17-13-20(16-26)23-12-11-22(25(29)27(23)15-17)18-5-3-2-4-6-18/h7-12,17-18,20H,2-6,13-16H2,1H3/t17-,20-/m1/s1. The number of pyridine rings is 1. The number of carbonyl (C=O) groups excluding carboxylic acids is 1. The molecule has 1 saturated heterocycles. The van der Waals surface area contributed by atoms with Gasteiger partial charge < -0.3 is 14.2 Å². The number of piperidine rings is 1. The normalized spacial score (nSPS) is 23.7. The molecule has 0 spiro atoms. The van der Waals surface area contributed by atoms with Gasteiger partial charge >= 0.3 is 0 Å². The number of methoxy groups -OCH3 is 1. The zero-order valence-electron chi connectivity index (χ0n) is 17.7. The monoisotopic (exact) mass is 406 g/mol. The molecule has 2 aliphatic heterocycles. The maximum Gasteiger partial charge on any atom is 0.254 e. The van der Waals surface area contributed by atoms with E-state index in [0.29, 0.717) is 23.9 Å². The second-order valence-corrected chi connectivity index (χ2v) is 9.20. The van der Waals surface area contributed by atoms with Crippen LogP contribution in [0.4, 0.5) is 0 Å². The molecule has 5 nitrogen and oxygen atoms in total. The van der Waals surface area contributed by atoms with Crippen LogP contribution in [0.2, 0.25) is 0 Å². The SMILES string of the molecule is COc1ccc(C(=O)N2C[C@H]3C[C@H](C2)c2ccc(C4CCCCC4)c(=O)n2C3)cc1. The first kappa shape index (κ1) is 19.4. The van der Waals surface area contributed by atoms with Crippen LogP contribution in [0.1, 0.15) is 72.0 Å². The molecule has 1 amide bonds. The van der Waals surface area contributed by atoms with Crippen molar-refractivity contribution in [3.05, 3.63) is 63.6 Å². The van der Waals surface area contributed by atoms with E-state index in [1.807, 2.05) is 33.7 Å². The maximum absolute atomic E-state index is 13.3. The van der Waals surface area contributed by atoms with Crippen molar-refractivity contribution in [1.29, 1.82) is 0 Å². The molecule has 2 atom stereocenters. The third-order valence-electron chi connectivity index (χ3n) is 7.30. The molecule has 3 heterocycles. The van der Waals surface area contributed by atoms with Crippen LogP contribution < -0.4 is 10.3 Å². The molecule has 3 aliphatic rings. The number of likely N-dealkylation sites (tertiary alicyclic amines) is 1. The topological polar surface area (TPSA) is 51.5 Å². The van der Waals surface area contributed by atoms with Gasteiger partial charge in [0, 0.05) is 42.4 Å². The van der Waals surface area contributed by atoms with Crippen LogP contribution >= 0.6 is 0 Å². The molecule has 5 rings (SSSR count). The van der Waals surface area contributed by atoms with Crippen molar-refractivity contribution < 1.29 is 9.53 Å². The fraction of sp³-hybridized carbons (Fsp3) is 0.520. The van der Waals surface area contributed by atoms with Gasteiger partial charge in [-0.15, -0.1) is 0 Å². The number of benzene rings is 1. The van der Waals surface area contributed by atoms with E-state index in [9.17, 15) is 9.59 Å². The number of fused-ring (bicyclic) bond motifs is 4. The Morgan fingerprint density at radius 3 is 2.43 bits per heavy atom. The minimum Gasteiger partial charge on any atom is -0.497 e. The molecule has 1 aromatic carbocycles. The van der Waals surface area contributed by atoms with E-state index in [2.05, 4.69) is 12.1 Å². The van der Waals surface area contributed by atoms with Gasteiger partial charge in [-0.25, -0.2) is 0 Å². The van der Waals surface area contributed by atoms with Crippen LogP contribution in [0.3, 0.4) is 0 Å². The number of ether oxygens (including phenoxy) is 1. The molecule has 158 valence electrons. The van der Waals surface area contributed by atoms with Gasteiger partial charge in [-0.3, -0.25) is 9.59 Å². The van der Waals surface area contributed by atoms with Gasteiger partial charge in [0.1, 0.15) is 5.75 Å². The van der Waals surface area contributed by atoms with Gasteiger partial charge in [-0.1, -0.05) is 25.3 Å². The minimum absolute atomic E-state index is 0.0713. The van der Waals surface area contributed by atoms with E-state index in [0.717, 1.165) is 49.4 Å². The van der Waals surface area contributed by atoms with E-state index in [1.165, 1.54) is 19.3 Å². The first-order chi connectivity index (χ1) is 14.6. The van der Waals surface area contributed by atoms with E-state index >= 15 is 0 Å². The molecule has 1 saturated carbocycles. The van der Waals surface area contributed by atoms with Crippen LogP contribution in [0.15, 0.2) is 41.2 Å². The highest BCUT2D eigenvalue weighted by atomic mass is 16.5. The summed E-state index contributed by atoms with van der Waals surface area (Å²) in [4.78, 5) is 28.4. The van der Waals surface area contributed by atoms with Crippen LogP contribution in [0.25, 0.3) is 0 Å². The van der Waals surface area contributed by atoms with E-state index in [-0.39, 0.29) is 17.4 Å². The van der Waals surface area contributed by atoms with Crippen molar-refractivity contribution >= 4 is 5.91 Å². The predicted molar refractivity (Wildman–Crippen MR) is 116 cm³/mol. The summed E-state index contributed by atoms with van der Waals surface area (Å²) in [5.74, 6) is 1.84. The van der Waals surface area contributed by atoms with Crippen LogP contribution in [0, 0.1) is 5.92 Å². The lowest BCUT2D eigenvalue weighted by Crippen LogP contribution is -2.49. The summed E-state index contributed by atoms with van der Waals surface area (Å²) in [7, 11) is 1.63.